The molecule has 8 nitrogen and oxygen atoms in total. The van der Waals surface area contributed by atoms with E-state index < -0.39 is 20.6 Å². The Bertz CT molecular complexity index is 598. The number of hydrogen-bond donors (Lipinski definition) is 3. The predicted octanol–water partition coefficient (Wildman–Crippen LogP) is 0.711. The van der Waals surface area contributed by atoms with Crippen molar-refractivity contribution in [3.8, 4) is 0 Å². The van der Waals surface area contributed by atoms with E-state index in [1.165, 1.54) is 18.2 Å². The third-order valence-corrected chi connectivity index (χ3v) is 4.61. The van der Waals surface area contributed by atoms with Crippen LogP contribution in [0.3, 0.4) is 0 Å². The molecule has 0 amide bonds. The maximum atomic E-state index is 12.1. The number of benzene rings is 1. The third-order valence-electron chi connectivity index (χ3n) is 3.05. The van der Waals surface area contributed by atoms with Crippen molar-refractivity contribution in [2.75, 3.05) is 5.43 Å². The van der Waals surface area contributed by atoms with Crippen molar-refractivity contribution in [3.05, 3.63) is 28.3 Å². The fourth-order valence-electron chi connectivity index (χ4n) is 1.85. The first-order chi connectivity index (χ1) is 8.95. The van der Waals surface area contributed by atoms with Gasteiger partial charge in [0.05, 0.1) is 4.92 Å². The zero-order chi connectivity index (χ0) is 14.0. The van der Waals surface area contributed by atoms with Crippen LogP contribution in [-0.2, 0) is 10.0 Å². The van der Waals surface area contributed by atoms with Gasteiger partial charge in [-0.1, -0.05) is 12.5 Å². The lowest BCUT2D eigenvalue weighted by molar-refractivity contribution is -0.386. The summed E-state index contributed by atoms with van der Waals surface area (Å²) in [5.41, 5.74) is 1.55. The van der Waals surface area contributed by atoms with E-state index in [2.05, 4.69) is 10.1 Å². The second-order valence-electron chi connectivity index (χ2n) is 4.30. The Kier molecular flexibility index (Phi) is 3.69. The van der Waals surface area contributed by atoms with E-state index in [4.69, 9.17) is 5.84 Å². The van der Waals surface area contributed by atoms with Crippen molar-refractivity contribution in [3.63, 3.8) is 0 Å². The second kappa shape index (κ2) is 5.11. The topological polar surface area (TPSA) is 127 Å². The molecule has 0 atom stereocenters. The van der Waals surface area contributed by atoms with Gasteiger partial charge < -0.3 is 5.43 Å². The van der Waals surface area contributed by atoms with Gasteiger partial charge >= 0.3 is 5.69 Å². The number of nitro groups is 1. The molecule has 0 bridgehead atoms. The van der Waals surface area contributed by atoms with Gasteiger partial charge in [-0.2, -0.15) is 0 Å². The maximum absolute atomic E-state index is 12.1. The SMILES string of the molecule is NNc1cccc(S(=O)(=O)NC2CCC2)c1[N+](=O)[O-]. The Morgan fingerprint density at radius 3 is 2.53 bits per heavy atom. The van der Waals surface area contributed by atoms with Crippen molar-refractivity contribution >= 4 is 21.4 Å². The molecule has 1 aliphatic carbocycles. The molecule has 0 saturated heterocycles. The summed E-state index contributed by atoms with van der Waals surface area (Å²) in [6.07, 6.45) is 2.46. The van der Waals surface area contributed by atoms with E-state index >= 15 is 0 Å². The van der Waals surface area contributed by atoms with Gasteiger partial charge in [-0.3, -0.25) is 16.0 Å². The Morgan fingerprint density at radius 2 is 2.05 bits per heavy atom. The molecule has 4 N–H and O–H groups in total. The summed E-state index contributed by atoms with van der Waals surface area (Å²) in [4.78, 5) is 9.90. The molecule has 1 saturated carbocycles. The first-order valence-corrected chi connectivity index (χ1v) is 7.20. The van der Waals surface area contributed by atoms with Crippen LogP contribution in [0.15, 0.2) is 23.1 Å². The smallest absolute Gasteiger partial charge is 0.313 e. The van der Waals surface area contributed by atoms with Gasteiger partial charge in [0, 0.05) is 6.04 Å². The van der Waals surface area contributed by atoms with E-state index in [0.29, 0.717) is 0 Å². The molecule has 0 heterocycles. The maximum Gasteiger partial charge on any atom is 0.313 e. The van der Waals surface area contributed by atoms with E-state index in [-0.39, 0.29) is 16.6 Å². The van der Waals surface area contributed by atoms with Crippen molar-refractivity contribution in [1.29, 1.82) is 0 Å². The summed E-state index contributed by atoms with van der Waals surface area (Å²) in [5, 5.41) is 11.0. The minimum Gasteiger partial charge on any atom is -0.318 e. The number of para-hydroxylation sites is 1. The van der Waals surface area contributed by atoms with Crippen LogP contribution in [0.25, 0.3) is 0 Å². The van der Waals surface area contributed by atoms with Gasteiger partial charge in [-0.25, -0.2) is 13.1 Å². The van der Waals surface area contributed by atoms with Crippen LogP contribution in [0, 0.1) is 10.1 Å². The zero-order valence-corrected chi connectivity index (χ0v) is 10.8. The van der Waals surface area contributed by atoms with Gasteiger partial charge in [0.1, 0.15) is 5.69 Å². The summed E-state index contributed by atoms with van der Waals surface area (Å²) in [6.45, 7) is 0. The number of hydrazine groups is 1. The van der Waals surface area contributed by atoms with Crippen molar-refractivity contribution in [1.82, 2.24) is 4.72 Å². The minimum absolute atomic E-state index is 0.0403. The lowest BCUT2D eigenvalue weighted by Gasteiger charge is -2.26. The highest BCUT2D eigenvalue weighted by atomic mass is 32.2. The monoisotopic (exact) mass is 286 g/mol. The molecular formula is C10H14N4O4S. The Hall–Kier alpha value is -1.71. The molecule has 1 aromatic carbocycles. The predicted molar refractivity (Wildman–Crippen MR) is 68.9 cm³/mol. The van der Waals surface area contributed by atoms with Crippen molar-refractivity contribution in [2.24, 2.45) is 5.84 Å². The summed E-state index contributed by atoms with van der Waals surface area (Å²) in [6, 6.07) is 3.80. The summed E-state index contributed by atoms with van der Waals surface area (Å²) < 4.78 is 26.7. The fourth-order valence-corrected chi connectivity index (χ4v) is 3.35. The zero-order valence-electron chi connectivity index (χ0n) is 10.00. The van der Waals surface area contributed by atoms with Crippen molar-refractivity contribution in [2.45, 2.75) is 30.2 Å². The largest absolute Gasteiger partial charge is 0.318 e. The first-order valence-electron chi connectivity index (χ1n) is 5.72. The van der Waals surface area contributed by atoms with Crippen LogP contribution in [0.2, 0.25) is 0 Å². The lowest BCUT2D eigenvalue weighted by atomic mass is 9.94. The van der Waals surface area contributed by atoms with Crippen LogP contribution in [-0.4, -0.2) is 19.4 Å². The number of nitrogens with zero attached hydrogens (tertiary/aromatic N) is 1. The average molecular weight is 286 g/mol. The van der Waals surface area contributed by atoms with Crippen LogP contribution in [0.4, 0.5) is 11.4 Å². The van der Waals surface area contributed by atoms with E-state index in [0.717, 1.165) is 19.3 Å². The molecule has 19 heavy (non-hydrogen) atoms. The van der Waals surface area contributed by atoms with Crippen LogP contribution < -0.4 is 16.0 Å². The molecule has 1 fully saturated rings. The van der Waals surface area contributed by atoms with Crippen molar-refractivity contribution < 1.29 is 13.3 Å². The molecule has 104 valence electrons. The van der Waals surface area contributed by atoms with Crippen LogP contribution in [0.1, 0.15) is 19.3 Å². The summed E-state index contributed by atoms with van der Waals surface area (Å²) in [5.74, 6) is 5.17. The lowest BCUT2D eigenvalue weighted by Crippen LogP contribution is -2.39. The number of hydrogen-bond acceptors (Lipinski definition) is 6. The molecular weight excluding hydrogens is 272 g/mol. The van der Waals surface area contributed by atoms with Gasteiger partial charge in [-0.05, 0) is 25.0 Å². The van der Waals surface area contributed by atoms with E-state index in [1.807, 2.05) is 0 Å². The second-order valence-corrected chi connectivity index (χ2v) is 5.99. The summed E-state index contributed by atoms with van der Waals surface area (Å²) in [7, 11) is -3.92. The molecule has 0 aliphatic heterocycles. The van der Waals surface area contributed by atoms with E-state index in [9.17, 15) is 18.5 Å². The van der Waals surface area contributed by atoms with E-state index in [1.54, 1.807) is 0 Å². The minimum atomic E-state index is -3.92. The number of nitrogens with one attached hydrogen (secondary N) is 2. The summed E-state index contributed by atoms with van der Waals surface area (Å²) >= 11 is 0. The molecule has 0 unspecified atom stereocenters. The normalized spacial score (nSPS) is 15.8. The highest BCUT2D eigenvalue weighted by Crippen LogP contribution is 2.32. The first kappa shape index (κ1) is 13.7. The molecule has 0 aromatic heterocycles. The molecule has 9 heteroatoms. The highest BCUT2D eigenvalue weighted by molar-refractivity contribution is 7.89. The average Bonchev–Trinajstić information content (AvgIpc) is 2.33. The molecule has 1 aromatic rings. The Labute approximate surface area is 110 Å². The number of rotatable bonds is 5. The van der Waals surface area contributed by atoms with Gasteiger partial charge in [-0.15, -0.1) is 0 Å². The number of sulfonamides is 1. The number of nitro benzene ring substituents is 1. The number of nitrogens with two attached hydrogens (primary N) is 1. The number of nitrogen functional groups attached to an aromatic ring is 1. The fraction of sp³-hybridized carbons (Fsp3) is 0.400. The molecule has 0 radical (unpaired) electrons. The van der Waals surface area contributed by atoms with Gasteiger partial charge in [0.2, 0.25) is 10.0 Å². The van der Waals surface area contributed by atoms with Gasteiger partial charge in [0.15, 0.2) is 4.90 Å². The Morgan fingerprint density at radius 1 is 1.37 bits per heavy atom. The molecule has 0 spiro atoms. The number of anilines is 1. The molecule has 1 aliphatic rings. The van der Waals surface area contributed by atoms with Crippen LogP contribution in [0.5, 0.6) is 0 Å². The third kappa shape index (κ3) is 2.67. The highest BCUT2D eigenvalue weighted by Gasteiger charge is 2.32. The molecule has 2 rings (SSSR count). The van der Waals surface area contributed by atoms with Gasteiger partial charge in [0.25, 0.3) is 0 Å². The standard InChI is InChI=1S/C10H14N4O4S/c11-12-8-5-2-6-9(10(8)14(15)16)19(17,18)13-7-3-1-4-7/h2,5-7,12-13H,1,3-4,11H2. The quantitative estimate of drug-likeness (QED) is 0.415. The Balaban J connectivity index is 2.45. The van der Waals surface area contributed by atoms with Crippen LogP contribution >= 0.6 is 0 Å².